The molecule has 138 valence electrons. The lowest BCUT2D eigenvalue weighted by molar-refractivity contribution is 0.0945. The number of carbonyl (C=O) groups is 1. The van der Waals surface area contributed by atoms with E-state index in [9.17, 15) is 9.59 Å². The molecule has 1 amide bonds. The van der Waals surface area contributed by atoms with Gasteiger partial charge in [0.2, 0.25) is 0 Å². The number of amides is 1. The van der Waals surface area contributed by atoms with Gasteiger partial charge in [-0.25, -0.2) is 0 Å². The van der Waals surface area contributed by atoms with Gasteiger partial charge in [-0.3, -0.25) is 9.59 Å². The average molecular weight is 357 g/mol. The van der Waals surface area contributed by atoms with Crippen LogP contribution in [0, 0.1) is 0 Å². The Kier molecular flexibility index (Phi) is 5.58. The zero-order chi connectivity index (χ0) is 18.5. The predicted octanol–water partition coefficient (Wildman–Crippen LogP) is 0.941. The number of carbonyl (C=O) groups excluding carboxylic acids is 1. The molecule has 1 aromatic heterocycles. The third-order valence-corrected chi connectivity index (χ3v) is 4.49. The number of nitrogens with one attached hydrogen (secondary N) is 2. The van der Waals surface area contributed by atoms with E-state index < -0.39 is 0 Å². The Hall–Kier alpha value is -2.80. The summed E-state index contributed by atoms with van der Waals surface area (Å²) in [5.41, 5.74) is 1.96. The van der Waals surface area contributed by atoms with Crippen LogP contribution in [0.2, 0.25) is 0 Å². The van der Waals surface area contributed by atoms with Gasteiger partial charge >= 0.3 is 0 Å². The molecule has 1 aliphatic heterocycles. The number of nitrogens with zero attached hydrogens (tertiary/aromatic N) is 1. The second kappa shape index (κ2) is 8.05. The number of aromatic nitrogens is 1. The van der Waals surface area contributed by atoms with Gasteiger partial charge in [-0.2, -0.15) is 0 Å². The van der Waals surface area contributed by atoms with E-state index >= 15 is 0 Å². The van der Waals surface area contributed by atoms with E-state index in [0.717, 1.165) is 11.3 Å². The number of methoxy groups -OCH3 is 2. The number of benzene rings is 1. The first kappa shape index (κ1) is 18.0. The number of rotatable bonds is 5. The Labute approximate surface area is 151 Å². The molecule has 0 radical (unpaired) electrons. The molecule has 0 unspecified atom stereocenters. The number of hydrogen-bond acceptors (Lipinski definition) is 5. The van der Waals surface area contributed by atoms with Crippen molar-refractivity contribution >= 4 is 5.91 Å². The van der Waals surface area contributed by atoms with Crippen LogP contribution in [0.1, 0.15) is 21.6 Å². The van der Waals surface area contributed by atoms with Gasteiger partial charge in [0, 0.05) is 44.4 Å². The van der Waals surface area contributed by atoms with E-state index in [1.54, 1.807) is 11.7 Å². The summed E-state index contributed by atoms with van der Waals surface area (Å²) in [6.45, 7) is 2.33. The second-order valence-corrected chi connectivity index (χ2v) is 6.06. The molecular weight excluding hydrogens is 334 g/mol. The van der Waals surface area contributed by atoms with E-state index in [1.807, 2.05) is 24.3 Å². The summed E-state index contributed by atoms with van der Waals surface area (Å²) < 4.78 is 12.1. The van der Waals surface area contributed by atoms with Crippen molar-refractivity contribution in [3.05, 3.63) is 57.5 Å². The molecule has 0 aliphatic carbocycles. The Morgan fingerprint density at radius 1 is 1.19 bits per heavy atom. The van der Waals surface area contributed by atoms with Gasteiger partial charge in [0.1, 0.15) is 17.1 Å². The van der Waals surface area contributed by atoms with Crippen LogP contribution in [0.15, 0.2) is 35.1 Å². The molecule has 0 saturated heterocycles. The first-order valence-electron chi connectivity index (χ1n) is 8.56. The topological polar surface area (TPSA) is 81.6 Å². The molecule has 0 fully saturated rings. The monoisotopic (exact) mass is 357 g/mol. The molecule has 0 bridgehead atoms. The molecule has 0 spiro atoms. The Morgan fingerprint density at radius 3 is 2.65 bits per heavy atom. The van der Waals surface area contributed by atoms with Gasteiger partial charge < -0.3 is 24.7 Å². The van der Waals surface area contributed by atoms with Crippen LogP contribution in [-0.2, 0) is 19.5 Å². The lowest BCUT2D eigenvalue weighted by Gasteiger charge is -2.17. The van der Waals surface area contributed by atoms with Crippen molar-refractivity contribution in [3.8, 4) is 11.5 Å². The fraction of sp³-hybridized carbons (Fsp3) is 0.368. The fourth-order valence-corrected chi connectivity index (χ4v) is 3.12. The third-order valence-electron chi connectivity index (χ3n) is 4.49. The molecule has 26 heavy (non-hydrogen) atoms. The van der Waals surface area contributed by atoms with Gasteiger partial charge in [-0.1, -0.05) is 12.1 Å². The largest absolute Gasteiger partial charge is 0.497 e. The normalized spacial score (nSPS) is 13.5. The lowest BCUT2D eigenvalue weighted by Crippen LogP contribution is -2.31. The maximum absolute atomic E-state index is 12.9. The van der Waals surface area contributed by atoms with Crippen molar-refractivity contribution in [3.63, 3.8) is 0 Å². The Bertz CT molecular complexity index is 843. The molecule has 7 heteroatoms. The maximum atomic E-state index is 12.9. The maximum Gasteiger partial charge on any atom is 0.257 e. The van der Waals surface area contributed by atoms with Crippen LogP contribution >= 0.6 is 0 Å². The quantitative estimate of drug-likeness (QED) is 0.832. The lowest BCUT2D eigenvalue weighted by atomic mass is 10.1. The third kappa shape index (κ3) is 3.72. The first-order chi connectivity index (χ1) is 12.6. The van der Waals surface area contributed by atoms with Gasteiger partial charge in [0.05, 0.1) is 14.2 Å². The van der Waals surface area contributed by atoms with Crippen LogP contribution in [0.3, 0.4) is 0 Å². The van der Waals surface area contributed by atoms with E-state index in [1.165, 1.54) is 13.2 Å². The highest BCUT2D eigenvalue weighted by Gasteiger charge is 2.23. The van der Waals surface area contributed by atoms with E-state index in [-0.39, 0.29) is 11.5 Å². The van der Waals surface area contributed by atoms with Crippen LogP contribution in [0.25, 0.3) is 0 Å². The van der Waals surface area contributed by atoms with Crippen molar-refractivity contribution in [2.75, 3.05) is 27.3 Å². The summed E-state index contributed by atoms with van der Waals surface area (Å²) in [5.74, 6) is 0.834. The Morgan fingerprint density at radius 2 is 1.96 bits per heavy atom. The summed E-state index contributed by atoms with van der Waals surface area (Å²) >= 11 is 0. The van der Waals surface area contributed by atoms with E-state index in [4.69, 9.17) is 9.47 Å². The van der Waals surface area contributed by atoms with Crippen molar-refractivity contribution in [2.24, 2.45) is 0 Å². The fourth-order valence-electron chi connectivity index (χ4n) is 3.12. The minimum Gasteiger partial charge on any atom is -0.497 e. The highest BCUT2D eigenvalue weighted by Crippen LogP contribution is 2.22. The first-order valence-corrected chi connectivity index (χ1v) is 8.56. The van der Waals surface area contributed by atoms with E-state index in [0.29, 0.717) is 49.6 Å². The molecule has 1 aliphatic rings. The minimum absolute atomic E-state index is 0.146. The number of pyridine rings is 1. The highest BCUT2D eigenvalue weighted by atomic mass is 16.5. The van der Waals surface area contributed by atoms with Crippen LogP contribution in [0.4, 0.5) is 0 Å². The molecule has 2 aromatic rings. The van der Waals surface area contributed by atoms with Crippen molar-refractivity contribution in [2.45, 2.75) is 19.5 Å². The standard InChI is InChI=1S/C19H23N3O4/c1-25-14-5-3-13(4-6-14)12-21-19(24)18-15-7-8-20-9-10-22(15)17(23)11-16(18)26-2/h3-6,11,20H,7-10,12H2,1-2H3,(H,21,24). The smallest absolute Gasteiger partial charge is 0.257 e. The second-order valence-electron chi connectivity index (χ2n) is 6.06. The molecule has 1 aromatic carbocycles. The molecular formula is C19H23N3O4. The van der Waals surface area contributed by atoms with Gasteiger partial charge in [0.15, 0.2) is 0 Å². The number of ether oxygens (including phenoxy) is 2. The summed E-state index contributed by atoms with van der Waals surface area (Å²) in [4.78, 5) is 25.2. The predicted molar refractivity (Wildman–Crippen MR) is 98.0 cm³/mol. The molecule has 3 rings (SSSR count). The summed E-state index contributed by atoms with van der Waals surface area (Å²) in [5, 5.41) is 6.17. The van der Waals surface area contributed by atoms with Crippen molar-refractivity contribution < 1.29 is 14.3 Å². The number of hydrogen-bond donors (Lipinski definition) is 2. The van der Waals surface area contributed by atoms with Gasteiger partial charge in [0.25, 0.3) is 11.5 Å². The summed E-state index contributed by atoms with van der Waals surface area (Å²) in [7, 11) is 3.09. The van der Waals surface area contributed by atoms with E-state index in [2.05, 4.69) is 10.6 Å². The van der Waals surface area contributed by atoms with Gasteiger partial charge in [-0.15, -0.1) is 0 Å². The minimum atomic E-state index is -0.247. The molecule has 0 atom stereocenters. The van der Waals surface area contributed by atoms with Crippen LogP contribution < -0.4 is 25.7 Å². The molecule has 0 saturated carbocycles. The molecule has 2 N–H and O–H groups in total. The summed E-state index contributed by atoms with van der Waals surface area (Å²) in [6, 6.07) is 8.88. The summed E-state index contributed by atoms with van der Waals surface area (Å²) in [6.07, 6.45) is 0.595. The van der Waals surface area contributed by atoms with Gasteiger partial charge in [-0.05, 0) is 17.7 Å². The zero-order valence-electron chi connectivity index (χ0n) is 15.0. The zero-order valence-corrected chi connectivity index (χ0v) is 15.0. The molecule has 2 heterocycles. The molecule has 7 nitrogen and oxygen atoms in total. The van der Waals surface area contributed by atoms with Crippen LogP contribution in [-0.4, -0.2) is 37.8 Å². The Balaban J connectivity index is 1.86. The SMILES string of the molecule is COc1ccc(CNC(=O)c2c(OC)cc(=O)n3c2CCNCC3)cc1. The van der Waals surface area contributed by atoms with Crippen LogP contribution in [0.5, 0.6) is 11.5 Å². The average Bonchev–Trinajstić information content (AvgIpc) is 2.92. The van der Waals surface area contributed by atoms with Crippen molar-refractivity contribution in [1.29, 1.82) is 0 Å². The highest BCUT2D eigenvalue weighted by molar-refractivity contribution is 5.98. The van der Waals surface area contributed by atoms with Crippen molar-refractivity contribution in [1.82, 2.24) is 15.2 Å². The number of fused-ring (bicyclic) bond motifs is 1.